The van der Waals surface area contributed by atoms with Gasteiger partial charge in [-0.15, -0.1) is 0 Å². The molecule has 0 aromatic carbocycles. The summed E-state index contributed by atoms with van der Waals surface area (Å²) >= 11 is 0. The van der Waals surface area contributed by atoms with Gasteiger partial charge in [0, 0.05) is 24.2 Å². The molecule has 0 aliphatic heterocycles. The monoisotopic (exact) mass is 246 g/mol. The smallest absolute Gasteiger partial charge is 0.407 e. The lowest BCUT2D eigenvalue weighted by Crippen LogP contribution is -2.40. The van der Waals surface area contributed by atoms with Gasteiger partial charge < -0.3 is 15.3 Å². The summed E-state index contributed by atoms with van der Waals surface area (Å²) in [5, 5.41) is 11.9. The van der Waals surface area contributed by atoms with Gasteiger partial charge in [-0.25, -0.2) is 4.79 Å². The highest BCUT2D eigenvalue weighted by molar-refractivity contribution is 5.65. The Kier molecular flexibility index (Phi) is 10.1. The van der Waals surface area contributed by atoms with E-state index in [1.807, 2.05) is 27.7 Å². The van der Waals surface area contributed by atoms with E-state index < -0.39 is 6.09 Å². The normalized spacial score (nSPS) is 10.8. The molecule has 0 atom stereocenters. The molecule has 0 aromatic rings. The second-order valence-electron chi connectivity index (χ2n) is 5.35. The molecule has 0 heterocycles. The van der Waals surface area contributed by atoms with Crippen molar-refractivity contribution in [2.45, 2.75) is 79.6 Å². The first-order valence-corrected chi connectivity index (χ1v) is 6.36. The van der Waals surface area contributed by atoms with Gasteiger partial charge in [-0.1, -0.05) is 27.7 Å². The van der Waals surface area contributed by atoms with E-state index in [0.29, 0.717) is 12.1 Å². The molecular weight excluding hydrogens is 216 g/mol. The quantitative estimate of drug-likeness (QED) is 0.801. The summed E-state index contributed by atoms with van der Waals surface area (Å²) in [4.78, 5) is 11.9. The Bertz CT molecular complexity index is 188. The standard InChI is InChI=1S/C7H15NO2.C6H15N/c1-5(2)8(6(3)4)7(9)10;1-5(2)7-6(3)4/h5-6H,1-4H3,(H,9,10);5-7H,1-4H3. The number of hydrogen-bond donors (Lipinski definition) is 2. The predicted octanol–water partition coefficient (Wildman–Crippen LogP) is 3.18. The van der Waals surface area contributed by atoms with Gasteiger partial charge in [-0.3, -0.25) is 0 Å². The number of amides is 1. The number of rotatable bonds is 4. The SMILES string of the molecule is CC(C)N(C(=O)O)C(C)C.CC(C)NC(C)C. The topological polar surface area (TPSA) is 52.6 Å². The first-order valence-electron chi connectivity index (χ1n) is 6.36. The number of carboxylic acid groups (broad SMARTS) is 1. The van der Waals surface area contributed by atoms with Crippen LogP contribution >= 0.6 is 0 Å². The van der Waals surface area contributed by atoms with Gasteiger partial charge in [-0.2, -0.15) is 0 Å². The molecular formula is C13H30N2O2. The van der Waals surface area contributed by atoms with Crippen LogP contribution in [0.2, 0.25) is 0 Å². The summed E-state index contributed by atoms with van der Waals surface area (Å²) in [6, 6.07) is 1.38. The molecule has 0 bridgehead atoms. The lowest BCUT2D eigenvalue weighted by Gasteiger charge is -2.27. The molecule has 0 aliphatic carbocycles. The van der Waals surface area contributed by atoms with Crippen LogP contribution in [0.25, 0.3) is 0 Å². The zero-order chi connectivity index (χ0) is 14.2. The van der Waals surface area contributed by atoms with Gasteiger partial charge in [0.2, 0.25) is 0 Å². The second kappa shape index (κ2) is 9.28. The van der Waals surface area contributed by atoms with E-state index in [2.05, 4.69) is 33.0 Å². The van der Waals surface area contributed by atoms with E-state index in [4.69, 9.17) is 5.11 Å². The highest BCUT2D eigenvalue weighted by Gasteiger charge is 2.17. The van der Waals surface area contributed by atoms with E-state index in [0.717, 1.165) is 0 Å². The van der Waals surface area contributed by atoms with Crippen LogP contribution in [0.4, 0.5) is 4.79 Å². The van der Waals surface area contributed by atoms with Crippen molar-refractivity contribution < 1.29 is 9.90 Å². The molecule has 0 aliphatic rings. The van der Waals surface area contributed by atoms with Crippen LogP contribution in [-0.4, -0.2) is 40.3 Å². The summed E-state index contributed by atoms with van der Waals surface area (Å²) in [7, 11) is 0. The lowest BCUT2D eigenvalue weighted by atomic mass is 10.2. The average Bonchev–Trinajstić information content (AvgIpc) is 1.97. The minimum Gasteiger partial charge on any atom is -0.465 e. The van der Waals surface area contributed by atoms with E-state index in [-0.39, 0.29) is 12.1 Å². The van der Waals surface area contributed by atoms with Crippen LogP contribution in [0.1, 0.15) is 55.4 Å². The first kappa shape index (κ1) is 18.6. The molecule has 104 valence electrons. The van der Waals surface area contributed by atoms with Crippen LogP contribution in [0.3, 0.4) is 0 Å². The third kappa shape index (κ3) is 11.5. The van der Waals surface area contributed by atoms with Crippen molar-refractivity contribution in [3.8, 4) is 0 Å². The summed E-state index contributed by atoms with van der Waals surface area (Å²) in [5.74, 6) is 0. The highest BCUT2D eigenvalue weighted by atomic mass is 16.4. The van der Waals surface area contributed by atoms with Gasteiger partial charge in [0.05, 0.1) is 0 Å². The molecule has 1 amide bonds. The molecule has 0 saturated carbocycles. The van der Waals surface area contributed by atoms with Gasteiger partial charge in [0.25, 0.3) is 0 Å². The Hall–Kier alpha value is -0.770. The van der Waals surface area contributed by atoms with Gasteiger partial charge in [0.1, 0.15) is 0 Å². The third-order valence-corrected chi connectivity index (χ3v) is 2.00. The highest BCUT2D eigenvalue weighted by Crippen LogP contribution is 2.03. The molecule has 2 N–H and O–H groups in total. The minimum atomic E-state index is -0.843. The minimum absolute atomic E-state index is 0.0671. The lowest BCUT2D eigenvalue weighted by molar-refractivity contribution is 0.116. The van der Waals surface area contributed by atoms with Crippen LogP contribution < -0.4 is 5.32 Å². The fourth-order valence-corrected chi connectivity index (χ4v) is 1.70. The maximum Gasteiger partial charge on any atom is 0.407 e. The molecule has 0 fully saturated rings. The van der Waals surface area contributed by atoms with Crippen LogP contribution in [0, 0.1) is 0 Å². The Labute approximate surface area is 106 Å². The fraction of sp³-hybridized carbons (Fsp3) is 0.923. The van der Waals surface area contributed by atoms with E-state index in [1.54, 1.807) is 0 Å². The second-order valence-corrected chi connectivity index (χ2v) is 5.35. The zero-order valence-corrected chi connectivity index (χ0v) is 12.6. The van der Waals surface area contributed by atoms with Crippen molar-refractivity contribution in [2.75, 3.05) is 0 Å². The molecule has 4 nitrogen and oxygen atoms in total. The zero-order valence-electron chi connectivity index (χ0n) is 12.6. The van der Waals surface area contributed by atoms with Gasteiger partial charge in [0.15, 0.2) is 0 Å². The Morgan fingerprint density at radius 3 is 1.18 bits per heavy atom. The summed E-state index contributed by atoms with van der Waals surface area (Å²) in [6.07, 6.45) is -0.843. The van der Waals surface area contributed by atoms with Crippen LogP contribution in [-0.2, 0) is 0 Å². The Balaban J connectivity index is 0. The largest absolute Gasteiger partial charge is 0.465 e. The van der Waals surface area contributed by atoms with Gasteiger partial charge in [-0.05, 0) is 27.7 Å². The van der Waals surface area contributed by atoms with Crippen molar-refractivity contribution >= 4 is 6.09 Å². The molecule has 17 heavy (non-hydrogen) atoms. The van der Waals surface area contributed by atoms with Gasteiger partial charge >= 0.3 is 6.09 Å². The van der Waals surface area contributed by atoms with Crippen LogP contribution in [0.15, 0.2) is 0 Å². The van der Waals surface area contributed by atoms with Crippen molar-refractivity contribution in [3.63, 3.8) is 0 Å². The first-order chi connectivity index (χ1) is 7.59. The third-order valence-electron chi connectivity index (χ3n) is 2.00. The van der Waals surface area contributed by atoms with Crippen molar-refractivity contribution in [2.24, 2.45) is 0 Å². The molecule has 4 heteroatoms. The molecule has 0 radical (unpaired) electrons. The number of nitrogens with one attached hydrogen (secondary N) is 1. The predicted molar refractivity (Wildman–Crippen MR) is 73.5 cm³/mol. The molecule has 0 aromatic heterocycles. The molecule has 0 rings (SSSR count). The molecule has 0 unspecified atom stereocenters. The number of hydrogen-bond acceptors (Lipinski definition) is 2. The van der Waals surface area contributed by atoms with Crippen molar-refractivity contribution in [1.82, 2.24) is 10.2 Å². The van der Waals surface area contributed by atoms with Crippen molar-refractivity contribution in [3.05, 3.63) is 0 Å². The Morgan fingerprint density at radius 1 is 0.882 bits per heavy atom. The summed E-state index contributed by atoms with van der Waals surface area (Å²) in [6.45, 7) is 16.1. The maximum atomic E-state index is 10.5. The average molecular weight is 246 g/mol. The van der Waals surface area contributed by atoms with Crippen LogP contribution in [0.5, 0.6) is 0 Å². The van der Waals surface area contributed by atoms with E-state index in [9.17, 15) is 4.79 Å². The van der Waals surface area contributed by atoms with Crippen molar-refractivity contribution in [1.29, 1.82) is 0 Å². The molecule has 0 saturated heterocycles. The fourth-order valence-electron chi connectivity index (χ4n) is 1.70. The maximum absolute atomic E-state index is 10.5. The summed E-state index contributed by atoms with van der Waals surface area (Å²) in [5.41, 5.74) is 0. The number of carbonyl (C=O) groups is 1. The van der Waals surface area contributed by atoms with E-state index >= 15 is 0 Å². The number of nitrogens with zero attached hydrogens (tertiary/aromatic N) is 1. The summed E-state index contributed by atoms with van der Waals surface area (Å²) < 4.78 is 0. The molecule has 0 spiro atoms. The van der Waals surface area contributed by atoms with E-state index in [1.165, 1.54) is 4.90 Å². The Morgan fingerprint density at radius 2 is 1.18 bits per heavy atom.